The number of aromatic nitrogens is 1. The Morgan fingerprint density at radius 2 is 2.14 bits per heavy atom. The Kier molecular flexibility index (Phi) is 5.00. The molecule has 1 atom stereocenters. The summed E-state index contributed by atoms with van der Waals surface area (Å²) in [6, 6.07) is 9.67. The summed E-state index contributed by atoms with van der Waals surface area (Å²) < 4.78 is 5.39. The number of methoxy groups -OCH3 is 1. The number of rotatable bonds is 5. The van der Waals surface area contributed by atoms with Crippen LogP contribution in [0.4, 0.5) is 0 Å². The van der Waals surface area contributed by atoms with Crippen LogP contribution in [0.1, 0.15) is 39.7 Å². The van der Waals surface area contributed by atoms with E-state index in [0.29, 0.717) is 43.1 Å². The average Bonchev–Trinajstić information content (AvgIpc) is 3.05. The van der Waals surface area contributed by atoms with Crippen LogP contribution in [0.3, 0.4) is 0 Å². The first kappa shape index (κ1) is 18.4. The lowest BCUT2D eigenvalue weighted by Crippen LogP contribution is -2.47. The van der Waals surface area contributed by atoms with Gasteiger partial charge in [0, 0.05) is 25.2 Å². The normalized spacial score (nSPS) is 17.9. The summed E-state index contributed by atoms with van der Waals surface area (Å²) in [7, 11) is 1.55. The van der Waals surface area contributed by atoms with E-state index in [1.807, 2.05) is 19.1 Å². The molecular weight excluding hydrogens is 356 g/mol. The summed E-state index contributed by atoms with van der Waals surface area (Å²) in [5.41, 5.74) is 4.46. The Morgan fingerprint density at radius 3 is 2.89 bits per heavy atom. The van der Waals surface area contributed by atoms with Gasteiger partial charge in [-0.15, -0.1) is 0 Å². The number of hydrogen-bond acceptors (Lipinski definition) is 5. The van der Waals surface area contributed by atoms with E-state index >= 15 is 0 Å². The van der Waals surface area contributed by atoms with E-state index < -0.39 is 0 Å². The fourth-order valence-corrected chi connectivity index (χ4v) is 3.81. The molecule has 28 heavy (non-hydrogen) atoms. The average molecular weight is 380 g/mol. The lowest BCUT2D eigenvalue weighted by molar-refractivity contribution is -0.123. The number of pyridine rings is 1. The predicted octanol–water partition coefficient (Wildman–Crippen LogP) is 1.40. The molecule has 146 valence electrons. The highest BCUT2D eigenvalue weighted by Crippen LogP contribution is 2.27. The van der Waals surface area contributed by atoms with Gasteiger partial charge in [-0.25, -0.2) is 4.98 Å². The molecule has 0 radical (unpaired) electrons. The first-order valence-corrected chi connectivity index (χ1v) is 9.54. The Labute approximate surface area is 164 Å². The Morgan fingerprint density at radius 1 is 1.36 bits per heavy atom. The number of nitrogens with zero attached hydrogens (tertiary/aromatic N) is 2. The molecule has 4 rings (SSSR count). The third-order valence-electron chi connectivity index (χ3n) is 5.42. The Hall–Kier alpha value is -2.93. The van der Waals surface area contributed by atoms with Crippen LogP contribution < -0.4 is 15.4 Å². The van der Waals surface area contributed by atoms with Gasteiger partial charge in [-0.3, -0.25) is 9.59 Å². The van der Waals surface area contributed by atoms with E-state index in [1.165, 1.54) is 11.1 Å². The molecule has 0 bridgehead atoms. The maximum atomic E-state index is 12.7. The minimum atomic E-state index is -0.277. The van der Waals surface area contributed by atoms with Gasteiger partial charge in [-0.1, -0.05) is 24.3 Å². The van der Waals surface area contributed by atoms with E-state index in [0.717, 1.165) is 5.69 Å². The number of carbonyl (C=O) groups is 2. The predicted molar refractivity (Wildman–Crippen MR) is 104 cm³/mol. The van der Waals surface area contributed by atoms with Gasteiger partial charge in [0.2, 0.25) is 11.8 Å². The van der Waals surface area contributed by atoms with Gasteiger partial charge >= 0.3 is 0 Å². The molecule has 2 N–H and O–H groups in total. The summed E-state index contributed by atoms with van der Waals surface area (Å²) in [6.07, 6.45) is 0.658. The third kappa shape index (κ3) is 3.33. The van der Waals surface area contributed by atoms with Crippen molar-refractivity contribution in [1.82, 2.24) is 20.5 Å². The number of hydrogen-bond donors (Lipinski definition) is 2. The van der Waals surface area contributed by atoms with Crippen LogP contribution in [0.25, 0.3) is 0 Å². The van der Waals surface area contributed by atoms with Gasteiger partial charge in [0.15, 0.2) is 0 Å². The molecule has 7 nitrogen and oxygen atoms in total. The number of nitrogens with one attached hydrogen (secondary N) is 2. The molecule has 1 aromatic carbocycles. The molecule has 0 saturated carbocycles. The molecule has 2 aliphatic rings. The fourth-order valence-electron chi connectivity index (χ4n) is 3.81. The summed E-state index contributed by atoms with van der Waals surface area (Å²) >= 11 is 0. The molecule has 0 aliphatic carbocycles. The second-order valence-electron chi connectivity index (χ2n) is 7.09. The molecule has 0 unspecified atom stereocenters. The topological polar surface area (TPSA) is 83.6 Å². The number of benzene rings is 1. The van der Waals surface area contributed by atoms with Gasteiger partial charge in [-0.05, 0) is 30.5 Å². The third-order valence-corrected chi connectivity index (χ3v) is 5.42. The summed E-state index contributed by atoms with van der Waals surface area (Å²) in [5.74, 6) is 0.358. The van der Waals surface area contributed by atoms with Crippen LogP contribution in [0.15, 0.2) is 30.3 Å². The Balaban J connectivity index is 1.46. The van der Waals surface area contributed by atoms with E-state index in [9.17, 15) is 9.59 Å². The Bertz CT molecular complexity index is 928. The van der Waals surface area contributed by atoms with E-state index in [1.54, 1.807) is 18.1 Å². The molecular formula is C21H24N4O3. The fraction of sp³-hybridized carbons (Fsp3) is 0.381. The largest absolute Gasteiger partial charge is 0.481 e. The molecule has 0 spiro atoms. The molecule has 0 saturated heterocycles. The van der Waals surface area contributed by atoms with Gasteiger partial charge in [-0.2, -0.15) is 0 Å². The van der Waals surface area contributed by atoms with Crippen LogP contribution in [0.5, 0.6) is 5.88 Å². The lowest BCUT2D eigenvalue weighted by Gasteiger charge is -2.25. The van der Waals surface area contributed by atoms with Gasteiger partial charge in [0.25, 0.3) is 5.91 Å². The minimum absolute atomic E-state index is 0.0224. The number of carbonyl (C=O) groups excluding carboxylic acids is 2. The second kappa shape index (κ2) is 7.59. The van der Waals surface area contributed by atoms with Crippen molar-refractivity contribution >= 4 is 11.8 Å². The zero-order valence-electron chi connectivity index (χ0n) is 16.1. The summed E-state index contributed by atoms with van der Waals surface area (Å²) in [6.45, 7) is 4.02. The SMILES string of the molecule is CCN1Cc2nc(OC)c(CNC(=O)[C@H]3Cc4ccccc4CN3)cc2C1=O. The van der Waals surface area contributed by atoms with E-state index in [-0.39, 0.29) is 24.4 Å². The van der Waals surface area contributed by atoms with Crippen molar-refractivity contribution in [2.75, 3.05) is 13.7 Å². The maximum absolute atomic E-state index is 12.7. The highest BCUT2D eigenvalue weighted by atomic mass is 16.5. The molecule has 3 heterocycles. The maximum Gasteiger partial charge on any atom is 0.256 e. The standard InChI is InChI=1S/C21H24N4O3/c1-3-25-12-18-16(21(25)27)8-15(20(24-18)28-2)11-23-19(26)17-9-13-6-4-5-7-14(13)10-22-17/h4-8,17,22H,3,9-12H2,1-2H3,(H,23,26)/t17-/m1/s1. The van der Waals surface area contributed by atoms with Crippen LogP contribution in [-0.2, 0) is 30.8 Å². The van der Waals surface area contributed by atoms with Crippen molar-refractivity contribution < 1.29 is 14.3 Å². The van der Waals surface area contributed by atoms with Crippen LogP contribution in [0.2, 0.25) is 0 Å². The first-order valence-electron chi connectivity index (χ1n) is 9.54. The monoisotopic (exact) mass is 380 g/mol. The van der Waals surface area contributed by atoms with Crippen molar-refractivity contribution in [2.45, 2.75) is 39.0 Å². The van der Waals surface area contributed by atoms with Gasteiger partial charge in [0.1, 0.15) is 0 Å². The lowest BCUT2D eigenvalue weighted by atomic mass is 9.95. The molecule has 2 aromatic rings. The highest BCUT2D eigenvalue weighted by molar-refractivity contribution is 5.98. The molecule has 0 fully saturated rings. The molecule has 7 heteroatoms. The molecule has 2 amide bonds. The first-order chi connectivity index (χ1) is 13.6. The smallest absolute Gasteiger partial charge is 0.256 e. The van der Waals surface area contributed by atoms with E-state index in [4.69, 9.17) is 4.74 Å². The second-order valence-corrected chi connectivity index (χ2v) is 7.09. The van der Waals surface area contributed by atoms with Crippen LogP contribution in [0, 0.1) is 0 Å². The van der Waals surface area contributed by atoms with E-state index in [2.05, 4.69) is 27.8 Å². The summed E-state index contributed by atoms with van der Waals surface area (Å²) in [4.78, 5) is 31.3. The van der Waals surface area contributed by atoms with Crippen molar-refractivity contribution in [2.24, 2.45) is 0 Å². The quantitative estimate of drug-likeness (QED) is 0.819. The van der Waals surface area contributed by atoms with Gasteiger partial charge < -0.3 is 20.3 Å². The van der Waals surface area contributed by atoms with Crippen molar-refractivity contribution in [3.63, 3.8) is 0 Å². The van der Waals surface area contributed by atoms with Gasteiger partial charge in [0.05, 0.1) is 31.0 Å². The minimum Gasteiger partial charge on any atom is -0.481 e. The van der Waals surface area contributed by atoms with Crippen molar-refractivity contribution in [3.8, 4) is 5.88 Å². The van der Waals surface area contributed by atoms with Crippen molar-refractivity contribution in [3.05, 3.63) is 58.3 Å². The highest BCUT2D eigenvalue weighted by Gasteiger charge is 2.30. The number of fused-ring (bicyclic) bond motifs is 2. The zero-order chi connectivity index (χ0) is 19.7. The number of ether oxygens (including phenoxy) is 1. The molecule has 1 aromatic heterocycles. The molecule has 2 aliphatic heterocycles. The van der Waals surface area contributed by atoms with Crippen LogP contribution >= 0.6 is 0 Å². The number of amides is 2. The zero-order valence-corrected chi connectivity index (χ0v) is 16.1. The van der Waals surface area contributed by atoms with Crippen molar-refractivity contribution in [1.29, 1.82) is 0 Å². The van der Waals surface area contributed by atoms with Crippen LogP contribution in [-0.4, -0.2) is 41.4 Å². The summed E-state index contributed by atoms with van der Waals surface area (Å²) in [5, 5.41) is 6.24.